The molecule has 19 heavy (non-hydrogen) atoms. The zero-order valence-electron chi connectivity index (χ0n) is 11.3. The first-order valence-corrected chi connectivity index (χ1v) is 9.14. The summed E-state index contributed by atoms with van der Waals surface area (Å²) in [5, 5.41) is 7.42. The molecule has 0 radical (unpaired) electrons. The SMILES string of the molecule is Cc1n[nH]c(C)c1S(=O)(=O)N(CCBr)C1CCCC1. The number of aryl methyl sites for hydroxylation is 2. The van der Waals surface area contributed by atoms with Crippen molar-refractivity contribution in [2.45, 2.75) is 50.5 Å². The molecule has 2 rings (SSSR count). The van der Waals surface area contributed by atoms with Gasteiger partial charge in [-0.15, -0.1) is 0 Å². The molecular formula is C12H20BrN3O2S. The van der Waals surface area contributed by atoms with Gasteiger partial charge in [0.2, 0.25) is 10.0 Å². The topological polar surface area (TPSA) is 66.1 Å². The van der Waals surface area contributed by atoms with Gasteiger partial charge in [0.15, 0.2) is 0 Å². The van der Waals surface area contributed by atoms with E-state index in [1.165, 1.54) is 0 Å². The van der Waals surface area contributed by atoms with Crippen molar-refractivity contribution in [3.63, 3.8) is 0 Å². The molecule has 0 bridgehead atoms. The largest absolute Gasteiger partial charge is 0.281 e. The molecule has 0 unspecified atom stereocenters. The summed E-state index contributed by atoms with van der Waals surface area (Å²) in [6.45, 7) is 4.00. The van der Waals surface area contributed by atoms with E-state index in [1.807, 2.05) is 0 Å². The summed E-state index contributed by atoms with van der Waals surface area (Å²) in [4.78, 5) is 0.348. The van der Waals surface area contributed by atoms with Gasteiger partial charge >= 0.3 is 0 Å². The van der Waals surface area contributed by atoms with Crippen molar-refractivity contribution in [1.82, 2.24) is 14.5 Å². The van der Waals surface area contributed by atoms with Crippen molar-refractivity contribution >= 4 is 26.0 Å². The molecule has 0 atom stereocenters. The summed E-state index contributed by atoms with van der Waals surface area (Å²) in [5.41, 5.74) is 1.17. The van der Waals surface area contributed by atoms with E-state index in [0.717, 1.165) is 25.7 Å². The van der Waals surface area contributed by atoms with E-state index in [4.69, 9.17) is 0 Å². The number of aromatic nitrogens is 2. The second kappa shape index (κ2) is 5.93. The number of halogens is 1. The number of nitrogens with one attached hydrogen (secondary N) is 1. The van der Waals surface area contributed by atoms with Crippen LogP contribution < -0.4 is 0 Å². The molecule has 1 aromatic rings. The molecule has 0 aromatic carbocycles. The molecule has 1 aromatic heterocycles. The number of sulfonamides is 1. The molecule has 1 aliphatic rings. The maximum absolute atomic E-state index is 12.9. The van der Waals surface area contributed by atoms with E-state index < -0.39 is 10.0 Å². The quantitative estimate of drug-likeness (QED) is 0.829. The highest BCUT2D eigenvalue weighted by molar-refractivity contribution is 9.09. The van der Waals surface area contributed by atoms with Crippen LogP contribution in [0.3, 0.4) is 0 Å². The zero-order chi connectivity index (χ0) is 14.0. The van der Waals surface area contributed by atoms with Crippen molar-refractivity contribution < 1.29 is 8.42 Å². The second-order valence-corrected chi connectivity index (χ2v) is 7.63. The van der Waals surface area contributed by atoms with Crippen molar-refractivity contribution in [1.29, 1.82) is 0 Å². The van der Waals surface area contributed by atoms with Gasteiger partial charge in [0.05, 0.1) is 11.4 Å². The third kappa shape index (κ3) is 2.87. The number of hydrogen-bond acceptors (Lipinski definition) is 3. The maximum atomic E-state index is 12.9. The molecule has 0 spiro atoms. The highest BCUT2D eigenvalue weighted by atomic mass is 79.9. The van der Waals surface area contributed by atoms with E-state index in [1.54, 1.807) is 18.2 Å². The third-order valence-corrected chi connectivity index (χ3v) is 6.23. The number of alkyl halides is 1. The third-order valence-electron chi connectivity index (χ3n) is 3.66. The molecule has 108 valence electrons. The second-order valence-electron chi connectivity index (χ2n) is 5.01. The number of rotatable bonds is 5. The van der Waals surface area contributed by atoms with Crippen LogP contribution >= 0.6 is 15.9 Å². The Kier molecular flexibility index (Phi) is 4.68. The fraction of sp³-hybridized carbons (Fsp3) is 0.750. The molecular weight excluding hydrogens is 330 g/mol. The van der Waals surface area contributed by atoms with Crippen LogP contribution in [0.15, 0.2) is 4.90 Å². The van der Waals surface area contributed by atoms with Gasteiger partial charge in [-0.2, -0.15) is 9.40 Å². The fourth-order valence-corrected chi connectivity index (χ4v) is 5.45. The van der Waals surface area contributed by atoms with Gasteiger partial charge in [0.1, 0.15) is 4.90 Å². The normalized spacial score (nSPS) is 17.5. The van der Waals surface area contributed by atoms with E-state index >= 15 is 0 Å². The number of nitrogens with zero attached hydrogens (tertiary/aromatic N) is 2. The molecule has 1 N–H and O–H groups in total. The lowest BCUT2D eigenvalue weighted by Crippen LogP contribution is -2.40. The number of H-pyrrole nitrogens is 1. The minimum absolute atomic E-state index is 0.135. The van der Waals surface area contributed by atoms with Crippen LogP contribution in [-0.2, 0) is 10.0 Å². The van der Waals surface area contributed by atoms with E-state index in [9.17, 15) is 8.42 Å². The average molecular weight is 350 g/mol. The van der Waals surface area contributed by atoms with Gasteiger partial charge in [0.25, 0.3) is 0 Å². The summed E-state index contributed by atoms with van der Waals surface area (Å²) in [6, 6.07) is 0.135. The van der Waals surface area contributed by atoms with Gasteiger partial charge in [-0.1, -0.05) is 28.8 Å². The monoisotopic (exact) mass is 349 g/mol. The van der Waals surface area contributed by atoms with E-state index in [-0.39, 0.29) is 6.04 Å². The molecule has 1 fully saturated rings. The minimum atomic E-state index is -3.46. The average Bonchev–Trinajstić information content (AvgIpc) is 2.96. The van der Waals surface area contributed by atoms with Crippen LogP contribution in [-0.4, -0.2) is 40.8 Å². The molecule has 7 heteroatoms. The summed E-state index contributed by atoms with van der Waals surface area (Å²) in [7, 11) is -3.46. The predicted molar refractivity (Wildman–Crippen MR) is 78.0 cm³/mol. The molecule has 1 aliphatic carbocycles. The zero-order valence-corrected chi connectivity index (χ0v) is 13.7. The number of aromatic amines is 1. The molecule has 1 heterocycles. The Balaban J connectivity index is 2.39. The van der Waals surface area contributed by atoms with Gasteiger partial charge < -0.3 is 0 Å². The Morgan fingerprint density at radius 2 is 2.00 bits per heavy atom. The highest BCUT2D eigenvalue weighted by Crippen LogP contribution is 2.30. The van der Waals surface area contributed by atoms with Crippen LogP contribution in [0.1, 0.15) is 37.1 Å². The Morgan fingerprint density at radius 1 is 1.37 bits per heavy atom. The van der Waals surface area contributed by atoms with Crippen molar-refractivity contribution in [3.8, 4) is 0 Å². The lowest BCUT2D eigenvalue weighted by Gasteiger charge is -2.27. The van der Waals surface area contributed by atoms with Crippen LogP contribution in [0.5, 0.6) is 0 Å². The molecule has 0 amide bonds. The summed E-state index contributed by atoms with van der Waals surface area (Å²) in [6.07, 6.45) is 4.15. The van der Waals surface area contributed by atoms with E-state index in [2.05, 4.69) is 26.1 Å². The van der Waals surface area contributed by atoms with Gasteiger partial charge in [0, 0.05) is 17.9 Å². The lowest BCUT2D eigenvalue weighted by atomic mass is 10.2. The molecule has 0 aliphatic heterocycles. The van der Waals surface area contributed by atoms with Gasteiger partial charge in [-0.05, 0) is 26.7 Å². The molecule has 1 saturated carbocycles. The van der Waals surface area contributed by atoms with Crippen molar-refractivity contribution in [2.75, 3.05) is 11.9 Å². The standard InChI is InChI=1S/C12H20BrN3O2S/c1-9-12(10(2)15-14-9)19(17,18)16(8-7-13)11-5-3-4-6-11/h11H,3-8H2,1-2H3,(H,14,15). The lowest BCUT2D eigenvalue weighted by molar-refractivity contribution is 0.337. The summed E-state index contributed by atoms with van der Waals surface area (Å²) >= 11 is 3.36. The van der Waals surface area contributed by atoms with Crippen LogP contribution in [0.25, 0.3) is 0 Å². The van der Waals surface area contributed by atoms with Crippen LogP contribution in [0, 0.1) is 13.8 Å². The first-order valence-electron chi connectivity index (χ1n) is 6.58. The number of hydrogen-bond donors (Lipinski definition) is 1. The maximum Gasteiger partial charge on any atom is 0.247 e. The fourth-order valence-electron chi connectivity index (χ4n) is 2.81. The van der Waals surface area contributed by atoms with E-state index in [0.29, 0.717) is 28.2 Å². The van der Waals surface area contributed by atoms with Gasteiger partial charge in [-0.25, -0.2) is 8.42 Å². The van der Waals surface area contributed by atoms with Crippen molar-refractivity contribution in [3.05, 3.63) is 11.4 Å². The summed E-state index contributed by atoms with van der Waals surface area (Å²) in [5.74, 6) is 0. The summed E-state index contributed by atoms with van der Waals surface area (Å²) < 4.78 is 27.4. The first-order chi connectivity index (χ1) is 8.98. The Morgan fingerprint density at radius 3 is 2.47 bits per heavy atom. The minimum Gasteiger partial charge on any atom is -0.281 e. The molecule has 5 nitrogen and oxygen atoms in total. The predicted octanol–water partition coefficient (Wildman–Crippen LogP) is 2.35. The van der Waals surface area contributed by atoms with Crippen LogP contribution in [0.4, 0.5) is 0 Å². The van der Waals surface area contributed by atoms with Crippen molar-refractivity contribution in [2.24, 2.45) is 0 Å². The first kappa shape index (κ1) is 15.0. The Labute approximate surface area is 122 Å². The highest BCUT2D eigenvalue weighted by Gasteiger charge is 2.35. The van der Waals surface area contributed by atoms with Gasteiger partial charge in [-0.3, -0.25) is 5.10 Å². The smallest absolute Gasteiger partial charge is 0.247 e. The van der Waals surface area contributed by atoms with Crippen LogP contribution in [0.2, 0.25) is 0 Å². The molecule has 0 saturated heterocycles. The Hall–Kier alpha value is -0.400. The Bertz CT molecular complexity index is 516.